The predicted molar refractivity (Wildman–Crippen MR) is 77.8 cm³/mol. The van der Waals surface area contributed by atoms with Crippen molar-refractivity contribution < 1.29 is 14.3 Å². The first-order chi connectivity index (χ1) is 10.1. The van der Waals surface area contributed by atoms with Crippen LogP contribution in [0, 0.1) is 11.8 Å². The van der Waals surface area contributed by atoms with Crippen LogP contribution in [-0.4, -0.2) is 24.5 Å². The van der Waals surface area contributed by atoms with Gasteiger partial charge in [-0.05, 0) is 49.7 Å². The van der Waals surface area contributed by atoms with Gasteiger partial charge < -0.3 is 15.8 Å². The Bertz CT molecular complexity index is 538. The Balaban J connectivity index is 1.54. The summed E-state index contributed by atoms with van der Waals surface area (Å²) in [5, 5.41) is 3.08. The number of carbonyl (C=O) groups excluding carboxylic acids is 2. The minimum atomic E-state index is -0.556. The van der Waals surface area contributed by atoms with Crippen LogP contribution >= 0.6 is 0 Å². The summed E-state index contributed by atoms with van der Waals surface area (Å²) in [5.41, 5.74) is 5.58. The Morgan fingerprint density at radius 2 is 1.81 bits per heavy atom. The molecule has 0 atom stereocenters. The van der Waals surface area contributed by atoms with Crippen molar-refractivity contribution in [3.8, 4) is 5.75 Å². The summed E-state index contributed by atoms with van der Waals surface area (Å²) in [4.78, 5) is 23.3. The van der Waals surface area contributed by atoms with Gasteiger partial charge in [-0.15, -0.1) is 0 Å². The van der Waals surface area contributed by atoms with E-state index in [9.17, 15) is 9.59 Å². The molecule has 2 saturated carbocycles. The molecule has 0 spiro atoms. The van der Waals surface area contributed by atoms with Crippen LogP contribution in [0.5, 0.6) is 5.75 Å². The lowest BCUT2D eigenvalue weighted by molar-refractivity contribution is -0.124. The van der Waals surface area contributed by atoms with E-state index in [0.29, 0.717) is 29.2 Å². The van der Waals surface area contributed by atoms with E-state index in [-0.39, 0.29) is 12.5 Å². The lowest BCUT2D eigenvalue weighted by Crippen LogP contribution is -2.40. The molecule has 0 unspecified atom stereocenters. The molecular weight excluding hydrogens is 268 g/mol. The second-order valence-electron chi connectivity index (χ2n) is 5.92. The Morgan fingerprint density at radius 3 is 2.38 bits per heavy atom. The topological polar surface area (TPSA) is 81.4 Å². The van der Waals surface area contributed by atoms with E-state index in [1.54, 1.807) is 24.3 Å². The molecule has 0 saturated heterocycles. The zero-order valence-corrected chi connectivity index (χ0v) is 11.9. The molecule has 2 aliphatic carbocycles. The van der Waals surface area contributed by atoms with Crippen LogP contribution in [0.2, 0.25) is 0 Å². The van der Waals surface area contributed by atoms with Gasteiger partial charge >= 0.3 is 0 Å². The smallest absolute Gasteiger partial charge is 0.258 e. The van der Waals surface area contributed by atoms with E-state index in [1.165, 1.54) is 25.7 Å². The van der Waals surface area contributed by atoms with Gasteiger partial charge in [-0.25, -0.2) is 0 Å². The Morgan fingerprint density at radius 1 is 1.19 bits per heavy atom. The van der Waals surface area contributed by atoms with Crippen molar-refractivity contribution in [3.63, 3.8) is 0 Å². The zero-order chi connectivity index (χ0) is 14.8. The fourth-order valence-electron chi connectivity index (χ4n) is 2.70. The number of hydrogen-bond acceptors (Lipinski definition) is 3. The molecule has 2 amide bonds. The van der Waals surface area contributed by atoms with Crippen LogP contribution in [0.25, 0.3) is 0 Å². The van der Waals surface area contributed by atoms with E-state index < -0.39 is 5.91 Å². The van der Waals surface area contributed by atoms with E-state index in [0.717, 1.165) is 0 Å². The van der Waals surface area contributed by atoms with Crippen LogP contribution in [0.15, 0.2) is 24.3 Å². The quantitative estimate of drug-likeness (QED) is 0.797. The summed E-state index contributed by atoms with van der Waals surface area (Å²) >= 11 is 0. The third kappa shape index (κ3) is 3.54. The fraction of sp³-hybridized carbons (Fsp3) is 0.500. The normalized spacial score (nSPS) is 17.6. The molecule has 0 bridgehead atoms. The fourth-order valence-corrected chi connectivity index (χ4v) is 2.70. The highest BCUT2D eigenvalue weighted by Crippen LogP contribution is 2.44. The molecule has 3 N–H and O–H groups in total. The van der Waals surface area contributed by atoms with Gasteiger partial charge in [0, 0.05) is 6.04 Å². The third-order valence-electron chi connectivity index (χ3n) is 4.10. The van der Waals surface area contributed by atoms with Crippen LogP contribution in [0.1, 0.15) is 36.0 Å². The van der Waals surface area contributed by atoms with E-state index >= 15 is 0 Å². The van der Waals surface area contributed by atoms with Crippen molar-refractivity contribution in [1.29, 1.82) is 0 Å². The molecule has 21 heavy (non-hydrogen) atoms. The van der Waals surface area contributed by atoms with Crippen molar-refractivity contribution in [2.75, 3.05) is 6.61 Å². The monoisotopic (exact) mass is 288 g/mol. The molecule has 0 aromatic heterocycles. The van der Waals surface area contributed by atoms with E-state index in [2.05, 4.69) is 5.32 Å². The zero-order valence-electron chi connectivity index (χ0n) is 11.9. The Labute approximate surface area is 123 Å². The molecular formula is C16H20N2O3. The summed E-state index contributed by atoms with van der Waals surface area (Å²) in [7, 11) is 0. The van der Waals surface area contributed by atoms with Crippen LogP contribution in [0.4, 0.5) is 0 Å². The maximum atomic E-state index is 12.0. The number of nitrogens with one attached hydrogen (secondary N) is 1. The summed E-state index contributed by atoms with van der Waals surface area (Å²) in [5.74, 6) is 0.978. The molecule has 0 radical (unpaired) electrons. The number of carbonyl (C=O) groups is 2. The number of amides is 2. The summed E-state index contributed by atoms with van der Waals surface area (Å²) in [6.07, 6.45) is 4.86. The first-order valence-corrected chi connectivity index (χ1v) is 7.46. The third-order valence-corrected chi connectivity index (χ3v) is 4.10. The number of nitrogens with two attached hydrogens (primary N) is 1. The molecule has 0 aliphatic heterocycles. The average Bonchev–Trinajstić information content (AvgIpc) is 3.36. The molecule has 112 valence electrons. The molecule has 2 fully saturated rings. The maximum absolute atomic E-state index is 12.0. The molecule has 3 rings (SSSR count). The highest BCUT2D eigenvalue weighted by molar-refractivity contribution is 5.95. The SMILES string of the molecule is NC(=O)c1ccccc1OCC(=O)NC(C1CC1)C1CC1. The second-order valence-corrected chi connectivity index (χ2v) is 5.92. The van der Waals surface area contributed by atoms with Gasteiger partial charge in [-0.2, -0.15) is 0 Å². The number of benzene rings is 1. The number of ether oxygens (including phenoxy) is 1. The van der Waals surface area contributed by atoms with Crippen molar-refractivity contribution in [3.05, 3.63) is 29.8 Å². The minimum Gasteiger partial charge on any atom is -0.483 e. The first kappa shape index (κ1) is 13.9. The summed E-state index contributed by atoms with van der Waals surface area (Å²) < 4.78 is 5.45. The number of para-hydroxylation sites is 1. The highest BCUT2D eigenvalue weighted by atomic mass is 16.5. The van der Waals surface area contributed by atoms with Crippen molar-refractivity contribution >= 4 is 11.8 Å². The summed E-state index contributed by atoms with van der Waals surface area (Å²) in [6, 6.07) is 7.01. The van der Waals surface area contributed by atoms with Gasteiger partial charge in [-0.3, -0.25) is 9.59 Å². The molecule has 1 aromatic rings. The second kappa shape index (κ2) is 5.76. The van der Waals surface area contributed by atoms with Crippen LogP contribution < -0.4 is 15.8 Å². The molecule has 0 heterocycles. The van der Waals surface area contributed by atoms with E-state index in [4.69, 9.17) is 10.5 Å². The predicted octanol–water partition coefficient (Wildman–Crippen LogP) is 1.47. The van der Waals surface area contributed by atoms with Gasteiger partial charge in [0.05, 0.1) is 5.56 Å². The van der Waals surface area contributed by atoms with Gasteiger partial charge in [0.2, 0.25) is 0 Å². The van der Waals surface area contributed by atoms with Crippen molar-refractivity contribution in [2.24, 2.45) is 17.6 Å². The first-order valence-electron chi connectivity index (χ1n) is 7.46. The molecule has 2 aliphatic rings. The number of rotatable bonds is 7. The van der Waals surface area contributed by atoms with E-state index in [1.807, 2.05) is 0 Å². The van der Waals surface area contributed by atoms with Crippen molar-refractivity contribution in [2.45, 2.75) is 31.7 Å². The van der Waals surface area contributed by atoms with Crippen molar-refractivity contribution in [1.82, 2.24) is 5.32 Å². The number of primary amides is 1. The van der Waals surface area contributed by atoms with Gasteiger partial charge in [0.15, 0.2) is 6.61 Å². The van der Waals surface area contributed by atoms with Crippen LogP contribution in [0.3, 0.4) is 0 Å². The molecule has 5 heteroatoms. The summed E-state index contributed by atoms with van der Waals surface area (Å²) in [6.45, 7) is -0.0831. The van der Waals surface area contributed by atoms with Gasteiger partial charge in [0.25, 0.3) is 11.8 Å². The highest BCUT2D eigenvalue weighted by Gasteiger charge is 2.42. The molecule has 5 nitrogen and oxygen atoms in total. The number of hydrogen-bond donors (Lipinski definition) is 2. The maximum Gasteiger partial charge on any atom is 0.258 e. The standard InChI is InChI=1S/C16H20N2O3/c17-16(20)12-3-1-2-4-13(12)21-9-14(19)18-15(10-5-6-10)11-7-8-11/h1-4,10-11,15H,5-9H2,(H2,17,20)(H,18,19). The van der Waals surface area contributed by atoms with Gasteiger partial charge in [0.1, 0.15) is 5.75 Å². The van der Waals surface area contributed by atoms with Gasteiger partial charge in [-0.1, -0.05) is 12.1 Å². The average molecular weight is 288 g/mol. The minimum absolute atomic E-state index is 0.0831. The molecule has 1 aromatic carbocycles. The Hall–Kier alpha value is -2.04. The largest absolute Gasteiger partial charge is 0.483 e. The van der Waals surface area contributed by atoms with Crippen LogP contribution in [-0.2, 0) is 4.79 Å². The lowest BCUT2D eigenvalue weighted by Gasteiger charge is -2.18. The lowest BCUT2D eigenvalue weighted by atomic mass is 10.1. The Kier molecular flexibility index (Phi) is 3.82.